The Balaban J connectivity index is 1.64. The quantitative estimate of drug-likeness (QED) is 0.207. The normalized spacial score (nSPS) is 25.0. The van der Waals surface area contributed by atoms with Gasteiger partial charge in [-0.25, -0.2) is 14.8 Å². The number of fused-ring (bicyclic) bond motifs is 2. The molecule has 4 atom stereocenters. The predicted octanol–water partition coefficient (Wildman–Crippen LogP) is 6.22. The van der Waals surface area contributed by atoms with Crippen LogP contribution in [0.5, 0.6) is 5.88 Å². The number of imidazole rings is 1. The Kier molecular flexibility index (Phi) is 9.37. The van der Waals surface area contributed by atoms with Crippen molar-refractivity contribution in [2.75, 3.05) is 13.7 Å². The highest BCUT2D eigenvalue weighted by Gasteiger charge is 2.62. The van der Waals surface area contributed by atoms with Gasteiger partial charge in [-0.2, -0.15) is 4.98 Å². The fourth-order valence-electron chi connectivity index (χ4n) is 6.52. The van der Waals surface area contributed by atoms with E-state index in [9.17, 15) is 4.79 Å². The molecule has 3 aromatic rings. The molecule has 0 bridgehead atoms. The van der Waals surface area contributed by atoms with E-state index in [-0.39, 0.29) is 28.8 Å². The Morgan fingerprint density at radius 3 is 2.16 bits per heavy atom. The average molecular weight is 643 g/mol. The van der Waals surface area contributed by atoms with Gasteiger partial charge in [0.2, 0.25) is 5.88 Å². The molecule has 0 spiro atoms. The van der Waals surface area contributed by atoms with Crippen LogP contribution in [0.15, 0.2) is 36.9 Å². The molecule has 240 valence electrons. The lowest BCUT2D eigenvalue weighted by Crippen LogP contribution is -2.66. The molecule has 2 fully saturated rings. The summed E-state index contributed by atoms with van der Waals surface area (Å²) in [6.07, 6.45) is 0.195. The number of methoxy groups -OCH3 is 1. The van der Waals surface area contributed by atoms with Gasteiger partial charge in [0.15, 0.2) is 23.5 Å². The molecular weight excluding hydrogens is 597 g/mol. The number of hydrogen-bond donors (Lipinski definition) is 0. The molecule has 0 aliphatic carbocycles. The van der Waals surface area contributed by atoms with Gasteiger partial charge in [-0.05, 0) is 41.2 Å². The molecule has 0 N–H and O–H groups in total. The van der Waals surface area contributed by atoms with Crippen LogP contribution in [0.4, 0.5) is 0 Å². The van der Waals surface area contributed by atoms with Crippen LogP contribution in [0, 0.1) is 6.92 Å². The van der Waals surface area contributed by atoms with Crippen LogP contribution in [0.25, 0.3) is 11.2 Å². The molecule has 1 aromatic carbocycles. The van der Waals surface area contributed by atoms with Crippen molar-refractivity contribution in [2.45, 2.75) is 109 Å². The maximum atomic E-state index is 13.7. The van der Waals surface area contributed by atoms with Crippen LogP contribution in [-0.4, -0.2) is 74.6 Å². The third-order valence-electron chi connectivity index (χ3n) is 8.94. The summed E-state index contributed by atoms with van der Waals surface area (Å²) < 4.78 is 42.0. The highest BCUT2D eigenvalue weighted by atomic mass is 28.5. The van der Waals surface area contributed by atoms with Gasteiger partial charge in [0, 0.05) is 0 Å². The zero-order valence-corrected chi connectivity index (χ0v) is 29.4. The summed E-state index contributed by atoms with van der Waals surface area (Å²) in [6, 6.07) is 7.31. The van der Waals surface area contributed by atoms with Gasteiger partial charge in [0.1, 0.15) is 18.5 Å². The van der Waals surface area contributed by atoms with Gasteiger partial charge in [-0.3, -0.25) is 4.57 Å². The molecule has 2 aliphatic rings. The zero-order valence-electron chi connectivity index (χ0n) is 27.4. The van der Waals surface area contributed by atoms with Gasteiger partial charge in [0.05, 0.1) is 25.6 Å². The van der Waals surface area contributed by atoms with E-state index in [1.165, 1.54) is 13.4 Å². The number of carbonyl (C=O) groups is 1. The zero-order chi connectivity index (χ0) is 32.0. The second kappa shape index (κ2) is 12.6. The third-order valence-corrected chi connectivity index (χ3v) is 19.2. The lowest BCUT2D eigenvalue weighted by molar-refractivity contribution is -0.0591. The van der Waals surface area contributed by atoms with Crippen molar-refractivity contribution in [2.24, 2.45) is 0 Å². The number of ether oxygens (including phenoxy) is 3. The van der Waals surface area contributed by atoms with Crippen LogP contribution in [0.3, 0.4) is 0 Å². The first-order valence-electron chi connectivity index (χ1n) is 15.5. The van der Waals surface area contributed by atoms with E-state index in [0.717, 1.165) is 5.56 Å². The fourth-order valence-corrected chi connectivity index (χ4v) is 17.7. The Morgan fingerprint density at radius 2 is 1.57 bits per heavy atom. The van der Waals surface area contributed by atoms with Gasteiger partial charge in [-0.1, -0.05) is 73.1 Å². The van der Waals surface area contributed by atoms with E-state index in [0.29, 0.717) is 22.6 Å². The maximum Gasteiger partial charge on any atom is 0.338 e. The molecule has 0 radical (unpaired) electrons. The van der Waals surface area contributed by atoms with E-state index < -0.39 is 47.6 Å². The molecule has 2 aromatic heterocycles. The van der Waals surface area contributed by atoms with Crippen molar-refractivity contribution >= 4 is 34.3 Å². The highest BCUT2D eigenvalue weighted by Crippen LogP contribution is 2.49. The third kappa shape index (κ3) is 5.62. The van der Waals surface area contributed by atoms with E-state index in [4.69, 9.17) is 27.2 Å². The smallest absolute Gasteiger partial charge is 0.338 e. The Morgan fingerprint density at radius 1 is 0.932 bits per heavy atom. The summed E-state index contributed by atoms with van der Waals surface area (Å²) in [5.74, 6) is -0.127. The van der Waals surface area contributed by atoms with Crippen molar-refractivity contribution in [1.29, 1.82) is 0 Å². The number of rotatable bonds is 8. The topological polar surface area (TPSA) is 116 Å². The standard InChI is InChI=1S/C31H46N4O7Si2/c1-18(2)43(19(3)4)38-15-24-26(41-44(42-43,20(5)6)21(7)8)27(40-31(36)23-13-11-22(9)12-14-23)30(39-24)35-17-34-25-28(35)32-16-33-29(25)37-10/h11-14,16-21,24,26-27,30H,15H2,1-10H3/t24-,26-,27+,30-/m1/s1. The minimum atomic E-state index is -3.03. The largest absolute Gasteiger partial charge is 0.479 e. The number of esters is 1. The molecular formula is C31H46N4O7Si2. The van der Waals surface area contributed by atoms with Gasteiger partial charge in [-0.15, -0.1) is 0 Å². The molecule has 13 heteroatoms. The summed E-state index contributed by atoms with van der Waals surface area (Å²) in [7, 11) is -4.30. The van der Waals surface area contributed by atoms with Gasteiger partial charge >= 0.3 is 23.1 Å². The Bertz CT molecular complexity index is 1450. The summed E-state index contributed by atoms with van der Waals surface area (Å²) in [5, 5.41) is 0. The van der Waals surface area contributed by atoms with E-state index in [2.05, 4.69) is 70.3 Å². The van der Waals surface area contributed by atoms with Crippen LogP contribution in [-0.2, 0) is 22.4 Å². The first kappa shape index (κ1) is 32.7. The van der Waals surface area contributed by atoms with E-state index in [1.807, 2.05) is 19.1 Å². The Labute approximate surface area is 262 Å². The second-order valence-electron chi connectivity index (χ2n) is 13.1. The summed E-state index contributed by atoms with van der Waals surface area (Å²) >= 11 is 0. The van der Waals surface area contributed by atoms with Crippen molar-refractivity contribution in [3.63, 3.8) is 0 Å². The molecule has 2 aliphatic heterocycles. The van der Waals surface area contributed by atoms with E-state index in [1.54, 1.807) is 23.0 Å². The second-order valence-corrected chi connectivity index (χ2v) is 21.9. The summed E-state index contributed by atoms with van der Waals surface area (Å²) in [4.78, 5) is 26.9. The molecule has 5 rings (SSSR count). The fraction of sp³-hybridized carbons (Fsp3) is 0.613. The van der Waals surface area contributed by atoms with Gasteiger partial charge in [0.25, 0.3) is 0 Å². The minimum Gasteiger partial charge on any atom is -0.479 e. The van der Waals surface area contributed by atoms with Crippen molar-refractivity contribution in [1.82, 2.24) is 19.5 Å². The first-order valence-corrected chi connectivity index (χ1v) is 19.4. The Hall–Kier alpha value is -2.69. The lowest BCUT2D eigenvalue weighted by Gasteiger charge is -2.51. The lowest BCUT2D eigenvalue weighted by atomic mass is 10.1. The van der Waals surface area contributed by atoms with Crippen molar-refractivity contribution < 1.29 is 32.0 Å². The van der Waals surface area contributed by atoms with Crippen LogP contribution >= 0.6 is 0 Å². The maximum absolute atomic E-state index is 13.7. The number of carbonyl (C=O) groups excluding carboxylic acids is 1. The highest BCUT2D eigenvalue weighted by molar-refractivity contribution is 6.84. The average Bonchev–Trinajstić information content (AvgIpc) is 3.53. The van der Waals surface area contributed by atoms with E-state index >= 15 is 0 Å². The number of benzene rings is 1. The van der Waals surface area contributed by atoms with Gasteiger partial charge < -0.3 is 27.2 Å². The molecule has 4 heterocycles. The van der Waals surface area contributed by atoms with Crippen LogP contribution in [0.2, 0.25) is 22.2 Å². The number of nitrogens with zero attached hydrogens (tertiary/aromatic N) is 4. The summed E-state index contributed by atoms with van der Waals surface area (Å²) in [6.45, 7) is 19.6. The number of hydrogen-bond acceptors (Lipinski definition) is 10. The first-order chi connectivity index (χ1) is 20.8. The molecule has 2 saturated heterocycles. The molecule has 0 unspecified atom stereocenters. The molecule has 11 nitrogen and oxygen atoms in total. The van der Waals surface area contributed by atoms with Crippen molar-refractivity contribution in [3.8, 4) is 5.88 Å². The van der Waals surface area contributed by atoms with Crippen molar-refractivity contribution in [3.05, 3.63) is 48.0 Å². The molecule has 0 amide bonds. The summed E-state index contributed by atoms with van der Waals surface area (Å²) in [5.41, 5.74) is 3.01. The molecule has 0 saturated carbocycles. The number of aryl methyl sites for hydroxylation is 1. The monoisotopic (exact) mass is 642 g/mol. The predicted molar refractivity (Wildman–Crippen MR) is 170 cm³/mol. The minimum absolute atomic E-state index is 0.0906. The SMILES string of the molecule is COc1ncnc2c1ncn2[C@@H]1O[C@@H]2CO[Si](C(C)C)(C(C)C)O[Si](C(C)C)(C(C)C)O[C@H]2[C@@H]1OC(=O)c1ccc(C)cc1. The molecule has 44 heavy (non-hydrogen) atoms. The van der Waals surface area contributed by atoms with Crippen LogP contribution in [0.1, 0.15) is 77.5 Å². The van der Waals surface area contributed by atoms with Crippen LogP contribution < -0.4 is 4.74 Å². The number of aromatic nitrogens is 4.